The maximum absolute atomic E-state index is 13.0. The Balaban J connectivity index is 1.46. The average Bonchev–Trinajstić information content (AvgIpc) is 2.85. The zero-order valence-electron chi connectivity index (χ0n) is 18.5. The number of hydrogen-bond donors (Lipinski definition) is 1. The summed E-state index contributed by atoms with van der Waals surface area (Å²) in [6.07, 6.45) is 1.45. The number of rotatable bonds is 6. The number of para-hydroxylation sites is 1. The highest BCUT2D eigenvalue weighted by molar-refractivity contribution is 7.89. The van der Waals surface area contributed by atoms with Gasteiger partial charge in [0.2, 0.25) is 10.0 Å². The van der Waals surface area contributed by atoms with Gasteiger partial charge in [0.25, 0.3) is 5.91 Å². The third kappa shape index (κ3) is 5.22. The molecular weight excluding hydrogens is 478 g/mol. The number of ether oxygens (including phenoxy) is 1. The van der Waals surface area contributed by atoms with E-state index in [2.05, 4.69) is 10.3 Å². The lowest BCUT2D eigenvalue weighted by Gasteiger charge is -2.26. The van der Waals surface area contributed by atoms with E-state index in [0.29, 0.717) is 18.6 Å². The summed E-state index contributed by atoms with van der Waals surface area (Å²) in [4.78, 5) is 29.5. The number of halogens is 1. The minimum atomic E-state index is -3.70. The van der Waals surface area contributed by atoms with Gasteiger partial charge in [0.15, 0.2) is 6.10 Å². The van der Waals surface area contributed by atoms with Crippen LogP contribution in [-0.4, -0.2) is 48.8 Å². The number of esters is 1. The molecule has 1 atom stereocenters. The molecular formula is C24H24ClN3O5S. The summed E-state index contributed by atoms with van der Waals surface area (Å²) in [5.74, 6) is -1.40. The Morgan fingerprint density at radius 2 is 1.79 bits per heavy atom. The van der Waals surface area contributed by atoms with E-state index < -0.39 is 28.0 Å². The summed E-state index contributed by atoms with van der Waals surface area (Å²) in [6.45, 7) is 2.33. The number of carbonyl (C=O) groups excluding carboxylic acids is 2. The lowest BCUT2D eigenvalue weighted by molar-refractivity contribution is -0.123. The topological polar surface area (TPSA) is 106 Å². The van der Waals surface area contributed by atoms with Crippen molar-refractivity contribution in [3.05, 3.63) is 65.3 Å². The number of carbonyl (C=O) groups is 2. The van der Waals surface area contributed by atoms with Gasteiger partial charge in [-0.15, -0.1) is 0 Å². The Labute approximate surface area is 202 Å². The first-order valence-corrected chi connectivity index (χ1v) is 12.7. The largest absolute Gasteiger partial charge is 0.448 e. The second-order valence-corrected chi connectivity index (χ2v) is 10.4. The smallest absolute Gasteiger partial charge is 0.357 e. The predicted octanol–water partition coefficient (Wildman–Crippen LogP) is 4.25. The molecule has 3 aromatic rings. The van der Waals surface area contributed by atoms with Gasteiger partial charge in [0, 0.05) is 18.5 Å². The Hall–Kier alpha value is -3.01. The quantitative estimate of drug-likeness (QED) is 0.506. The van der Waals surface area contributed by atoms with Crippen LogP contribution in [-0.2, 0) is 19.6 Å². The molecule has 2 aromatic carbocycles. The first-order chi connectivity index (χ1) is 16.3. The maximum Gasteiger partial charge on any atom is 0.357 e. The number of anilines is 1. The van der Waals surface area contributed by atoms with Crippen LogP contribution in [0.25, 0.3) is 10.9 Å². The third-order valence-electron chi connectivity index (χ3n) is 5.61. The molecule has 10 heteroatoms. The first kappa shape index (κ1) is 24.1. The number of piperidine rings is 1. The lowest BCUT2D eigenvalue weighted by Crippen LogP contribution is -2.35. The van der Waals surface area contributed by atoms with Crippen LogP contribution in [0.1, 0.15) is 36.7 Å². The third-order valence-corrected chi connectivity index (χ3v) is 7.83. The number of aromatic nitrogens is 1. The second kappa shape index (κ2) is 10.1. The second-order valence-electron chi connectivity index (χ2n) is 8.03. The molecule has 178 valence electrons. The van der Waals surface area contributed by atoms with E-state index in [1.807, 2.05) is 18.2 Å². The van der Waals surface area contributed by atoms with Crippen molar-refractivity contribution in [2.75, 3.05) is 18.4 Å². The van der Waals surface area contributed by atoms with Gasteiger partial charge < -0.3 is 10.1 Å². The van der Waals surface area contributed by atoms with Gasteiger partial charge in [-0.1, -0.05) is 42.3 Å². The molecule has 0 unspecified atom stereocenters. The van der Waals surface area contributed by atoms with Crippen molar-refractivity contribution in [3.63, 3.8) is 0 Å². The average molecular weight is 502 g/mol. The van der Waals surface area contributed by atoms with Crippen molar-refractivity contribution < 1.29 is 22.7 Å². The normalized spacial score (nSPS) is 15.6. The monoisotopic (exact) mass is 501 g/mol. The van der Waals surface area contributed by atoms with Gasteiger partial charge in [-0.25, -0.2) is 18.2 Å². The standard InChI is InChI=1S/C24H24ClN3O5S/c1-16(33-24(30)21-12-9-17-7-3-4-8-20(17)26-21)23(29)27-22-15-18(10-11-19(22)25)34(31,32)28-13-5-2-6-14-28/h3-4,7-12,15-16H,2,5-6,13-14H2,1H3,(H,27,29)/t16-/m1/s1. The zero-order chi connectivity index (χ0) is 24.3. The van der Waals surface area contributed by atoms with Crippen LogP contribution in [0, 0.1) is 0 Å². The molecule has 1 saturated heterocycles. The number of nitrogens with zero attached hydrogens (tertiary/aromatic N) is 2. The molecule has 1 N–H and O–H groups in total. The molecule has 1 aliphatic heterocycles. The predicted molar refractivity (Wildman–Crippen MR) is 129 cm³/mol. The van der Waals surface area contributed by atoms with Crippen molar-refractivity contribution in [3.8, 4) is 0 Å². The molecule has 8 nitrogen and oxygen atoms in total. The zero-order valence-corrected chi connectivity index (χ0v) is 20.1. The molecule has 34 heavy (non-hydrogen) atoms. The van der Waals surface area contributed by atoms with Crippen molar-refractivity contribution >= 4 is 50.1 Å². The van der Waals surface area contributed by atoms with Gasteiger partial charge in [-0.2, -0.15) is 4.31 Å². The van der Waals surface area contributed by atoms with Crippen molar-refractivity contribution in [1.29, 1.82) is 0 Å². The number of benzene rings is 2. The molecule has 2 heterocycles. The van der Waals surface area contributed by atoms with Crippen LogP contribution in [0.5, 0.6) is 0 Å². The molecule has 1 aliphatic rings. The summed E-state index contributed by atoms with van der Waals surface area (Å²) in [6, 6.07) is 14.8. The SMILES string of the molecule is C[C@@H](OC(=O)c1ccc2ccccc2n1)C(=O)Nc1cc(S(=O)(=O)N2CCCCC2)ccc1Cl. The molecule has 1 aromatic heterocycles. The van der Waals surface area contributed by atoms with E-state index in [0.717, 1.165) is 24.6 Å². The van der Waals surface area contributed by atoms with E-state index in [9.17, 15) is 18.0 Å². The van der Waals surface area contributed by atoms with E-state index >= 15 is 0 Å². The van der Waals surface area contributed by atoms with Crippen LogP contribution in [0.4, 0.5) is 5.69 Å². The Kier molecular flexibility index (Phi) is 7.16. The molecule has 0 bridgehead atoms. The number of fused-ring (bicyclic) bond motifs is 1. The van der Waals surface area contributed by atoms with E-state index in [1.54, 1.807) is 12.1 Å². The summed E-state index contributed by atoms with van der Waals surface area (Å²) in [7, 11) is -3.70. The highest BCUT2D eigenvalue weighted by Gasteiger charge is 2.27. The van der Waals surface area contributed by atoms with E-state index in [1.165, 1.54) is 35.5 Å². The maximum atomic E-state index is 13.0. The summed E-state index contributed by atoms with van der Waals surface area (Å²) >= 11 is 6.20. The van der Waals surface area contributed by atoms with Crippen LogP contribution in [0.15, 0.2) is 59.5 Å². The van der Waals surface area contributed by atoms with Crippen LogP contribution in [0.2, 0.25) is 5.02 Å². The molecule has 0 radical (unpaired) electrons. The van der Waals surface area contributed by atoms with Crippen molar-refractivity contribution in [1.82, 2.24) is 9.29 Å². The summed E-state index contributed by atoms with van der Waals surface area (Å²) < 4.78 is 32.6. The minimum absolute atomic E-state index is 0.0408. The summed E-state index contributed by atoms with van der Waals surface area (Å²) in [5, 5.41) is 3.60. The number of amides is 1. The Bertz CT molecular complexity index is 1340. The fourth-order valence-corrected chi connectivity index (χ4v) is 5.41. The van der Waals surface area contributed by atoms with Gasteiger partial charge >= 0.3 is 5.97 Å². The molecule has 0 saturated carbocycles. The molecule has 0 aliphatic carbocycles. The fourth-order valence-electron chi connectivity index (χ4n) is 3.70. The van der Waals surface area contributed by atoms with Gasteiger partial charge in [0.05, 0.1) is 21.1 Å². The highest BCUT2D eigenvalue weighted by Crippen LogP contribution is 2.28. The number of nitrogens with one attached hydrogen (secondary N) is 1. The molecule has 4 rings (SSSR count). The Morgan fingerprint density at radius 1 is 1.06 bits per heavy atom. The van der Waals surface area contributed by atoms with Crippen molar-refractivity contribution in [2.24, 2.45) is 0 Å². The lowest BCUT2D eigenvalue weighted by atomic mass is 10.2. The van der Waals surface area contributed by atoms with Gasteiger partial charge in [-0.3, -0.25) is 4.79 Å². The number of hydrogen-bond acceptors (Lipinski definition) is 6. The highest BCUT2D eigenvalue weighted by atomic mass is 35.5. The first-order valence-electron chi connectivity index (χ1n) is 10.9. The summed E-state index contributed by atoms with van der Waals surface area (Å²) in [5.41, 5.74) is 0.829. The van der Waals surface area contributed by atoms with Gasteiger partial charge in [-0.05, 0) is 50.1 Å². The minimum Gasteiger partial charge on any atom is -0.448 e. The van der Waals surface area contributed by atoms with Gasteiger partial charge in [0.1, 0.15) is 5.69 Å². The van der Waals surface area contributed by atoms with Crippen LogP contribution in [0.3, 0.4) is 0 Å². The Morgan fingerprint density at radius 3 is 2.56 bits per heavy atom. The number of sulfonamides is 1. The van der Waals surface area contributed by atoms with E-state index in [-0.39, 0.29) is 21.3 Å². The van der Waals surface area contributed by atoms with Crippen molar-refractivity contribution in [2.45, 2.75) is 37.2 Å². The molecule has 1 amide bonds. The van der Waals surface area contributed by atoms with Crippen LogP contribution < -0.4 is 5.32 Å². The van der Waals surface area contributed by atoms with Crippen LogP contribution >= 0.6 is 11.6 Å². The molecule has 1 fully saturated rings. The fraction of sp³-hybridized carbons (Fsp3) is 0.292. The molecule has 0 spiro atoms. The number of pyridine rings is 1. The van der Waals surface area contributed by atoms with E-state index in [4.69, 9.17) is 16.3 Å².